The van der Waals surface area contributed by atoms with E-state index in [4.69, 9.17) is 0 Å². The van der Waals surface area contributed by atoms with E-state index in [0.29, 0.717) is 23.7 Å². The van der Waals surface area contributed by atoms with E-state index in [0.717, 1.165) is 49.9 Å². The highest BCUT2D eigenvalue weighted by atomic mass is 19.4. The second-order valence-electron chi connectivity index (χ2n) is 11.9. The molecule has 1 amide bonds. The zero-order valence-electron chi connectivity index (χ0n) is 22.6. The highest BCUT2D eigenvalue weighted by Crippen LogP contribution is 2.53. The third-order valence-electron chi connectivity index (χ3n) is 9.28. The van der Waals surface area contributed by atoms with Crippen molar-refractivity contribution >= 4 is 11.6 Å². The Hall–Kier alpha value is -3.20. The van der Waals surface area contributed by atoms with E-state index >= 15 is 0 Å². The fraction of sp³-hybridized carbons (Fsp3) is 0.500. The number of aromatic nitrogens is 3. The van der Waals surface area contributed by atoms with E-state index in [2.05, 4.69) is 29.4 Å². The van der Waals surface area contributed by atoms with Crippen molar-refractivity contribution < 1.29 is 18.0 Å². The zero-order valence-corrected chi connectivity index (χ0v) is 22.6. The van der Waals surface area contributed by atoms with Gasteiger partial charge in [0.2, 0.25) is 0 Å². The van der Waals surface area contributed by atoms with Crippen molar-refractivity contribution in [2.75, 3.05) is 4.90 Å². The first-order chi connectivity index (χ1) is 18.5. The van der Waals surface area contributed by atoms with E-state index in [1.54, 1.807) is 18.5 Å². The number of amides is 1. The Morgan fingerprint density at radius 3 is 2.54 bits per heavy atom. The second kappa shape index (κ2) is 9.18. The molecule has 9 heteroatoms. The third-order valence-corrected chi connectivity index (χ3v) is 9.28. The number of nitrogens with zero attached hydrogens (tertiary/aromatic N) is 4. The lowest BCUT2D eigenvalue weighted by Gasteiger charge is -2.47. The van der Waals surface area contributed by atoms with Crippen LogP contribution in [0.1, 0.15) is 90.8 Å². The van der Waals surface area contributed by atoms with Gasteiger partial charge in [0, 0.05) is 30.4 Å². The molecule has 2 aromatic carbocycles. The number of benzene rings is 2. The van der Waals surface area contributed by atoms with Gasteiger partial charge in [-0.25, -0.2) is 0 Å². The van der Waals surface area contributed by atoms with Crippen molar-refractivity contribution in [1.29, 1.82) is 0 Å². The third kappa shape index (κ3) is 4.35. The molecule has 39 heavy (non-hydrogen) atoms. The van der Waals surface area contributed by atoms with Gasteiger partial charge in [-0.3, -0.25) is 4.79 Å². The number of halogens is 3. The maximum atomic E-state index is 14.2. The normalized spacial score (nSPS) is 23.9. The van der Waals surface area contributed by atoms with Gasteiger partial charge in [0.05, 0.1) is 17.5 Å². The Morgan fingerprint density at radius 2 is 1.92 bits per heavy atom. The van der Waals surface area contributed by atoms with Crippen molar-refractivity contribution in [3.8, 4) is 0 Å². The van der Waals surface area contributed by atoms with Crippen LogP contribution in [0.2, 0.25) is 0 Å². The number of rotatable bonds is 7. The van der Waals surface area contributed by atoms with Crippen molar-refractivity contribution in [2.24, 2.45) is 13.0 Å². The highest BCUT2D eigenvalue weighted by Gasteiger charge is 2.49. The summed E-state index contributed by atoms with van der Waals surface area (Å²) in [4.78, 5) is 15.1. The van der Waals surface area contributed by atoms with Crippen molar-refractivity contribution in [3.05, 3.63) is 76.4 Å². The lowest BCUT2D eigenvalue weighted by Crippen LogP contribution is -2.47. The van der Waals surface area contributed by atoms with Crippen LogP contribution in [0.3, 0.4) is 0 Å². The van der Waals surface area contributed by atoms with E-state index in [-0.39, 0.29) is 28.6 Å². The number of hydrogen-bond acceptors (Lipinski definition) is 4. The lowest BCUT2D eigenvalue weighted by atomic mass is 9.57. The summed E-state index contributed by atoms with van der Waals surface area (Å²) in [5.74, 6) is 1.04. The van der Waals surface area contributed by atoms with Gasteiger partial charge in [-0.15, -0.1) is 10.2 Å². The Balaban J connectivity index is 1.34. The molecular formula is C30H34F3N5O. The summed E-state index contributed by atoms with van der Waals surface area (Å²) in [6.45, 7) is 4.46. The van der Waals surface area contributed by atoms with E-state index in [1.165, 1.54) is 11.0 Å². The molecule has 0 atom stereocenters. The molecule has 1 aromatic heterocycles. The van der Waals surface area contributed by atoms with E-state index in [9.17, 15) is 18.0 Å². The molecule has 2 fully saturated rings. The molecule has 206 valence electrons. The number of aryl methyl sites for hydroxylation is 1. The highest BCUT2D eigenvalue weighted by molar-refractivity contribution is 6.10. The minimum absolute atomic E-state index is 0.0502. The molecule has 2 aliphatic carbocycles. The molecule has 3 aromatic rings. The van der Waals surface area contributed by atoms with Gasteiger partial charge in [-0.05, 0) is 85.9 Å². The summed E-state index contributed by atoms with van der Waals surface area (Å²) >= 11 is 0. The predicted molar refractivity (Wildman–Crippen MR) is 142 cm³/mol. The van der Waals surface area contributed by atoms with E-state index in [1.807, 2.05) is 29.8 Å². The molecule has 0 saturated heterocycles. The smallest absolute Gasteiger partial charge is 0.320 e. The number of fused-ring (bicyclic) bond motifs is 1. The minimum atomic E-state index is -4.55. The molecule has 0 bridgehead atoms. The van der Waals surface area contributed by atoms with E-state index < -0.39 is 17.6 Å². The molecule has 2 saturated carbocycles. The molecular weight excluding hydrogens is 503 g/mol. The average Bonchev–Trinajstić information content (AvgIpc) is 3.44. The lowest BCUT2D eigenvalue weighted by molar-refractivity contribution is -0.138. The molecule has 0 spiro atoms. The number of alkyl halides is 3. The topological polar surface area (TPSA) is 63.1 Å². The monoisotopic (exact) mass is 537 g/mol. The summed E-state index contributed by atoms with van der Waals surface area (Å²) in [7, 11) is 1.93. The maximum Gasteiger partial charge on any atom is 0.416 e. The Bertz CT molecular complexity index is 1420. The first-order valence-corrected chi connectivity index (χ1v) is 13.8. The summed E-state index contributed by atoms with van der Waals surface area (Å²) < 4.78 is 44.5. The van der Waals surface area contributed by atoms with Crippen LogP contribution in [0.15, 0.2) is 42.7 Å². The van der Waals surface area contributed by atoms with Crippen LogP contribution < -0.4 is 10.2 Å². The minimum Gasteiger partial charge on any atom is -0.320 e. The molecule has 1 aliphatic heterocycles. The Morgan fingerprint density at radius 1 is 1.15 bits per heavy atom. The van der Waals surface area contributed by atoms with Crippen LogP contribution in [0, 0.1) is 5.92 Å². The van der Waals surface area contributed by atoms with Crippen LogP contribution >= 0.6 is 0 Å². The molecule has 3 aliphatic rings. The molecule has 6 nitrogen and oxygen atoms in total. The average molecular weight is 538 g/mol. The first kappa shape index (κ1) is 26.0. The van der Waals surface area contributed by atoms with Crippen LogP contribution in [0.4, 0.5) is 18.9 Å². The molecule has 6 rings (SSSR count). The van der Waals surface area contributed by atoms with Crippen LogP contribution in [0.25, 0.3) is 0 Å². The van der Waals surface area contributed by atoms with Gasteiger partial charge in [0.15, 0.2) is 0 Å². The number of anilines is 1. The quantitative estimate of drug-likeness (QED) is 0.394. The summed E-state index contributed by atoms with van der Waals surface area (Å²) in [6.07, 6.45) is 3.17. The molecule has 2 heterocycles. The number of hydrogen-bond donors (Lipinski definition) is 1. The predicted octanol–water partition coefficient (Wildman–Crippen LogP) is 6.13. The van der Waals surface area contributed by atoms with Crippen molar-refractivity contribution in [1.82, 2.24) is 20.1 Å². The first-order valence-electron chi connectivity index (χ1n) is 13.8. The summed E-state index contributed by atoms with van der Waals surface area (Å²) in [5, 5.41) is 11.9. The number of carbonyl (C=O) groups is 1. The fourth-order valence-corrected chi connectivity index (χ4v) is 6.68. The Kier molecular flexibility index (Phi) is 6.13. The van der Waals surface area contributed by atoms with Crippen LogP contribution in [-0.2, 0) is 31.7 Å². The molecule has 0 radical (unpaired) electrons. The molecule has 1 N–H and O–H groups in total. The van der Waals surface area contributed by atoms with Crippen molar-refractivity contribution in [3.63, 3.8) is 0 Å². The molecule has 0 unspecified atom stereocenters. The van der Waals surface area contributed by atoms with Gasteiger partial charge in [-0.1, -0.05) is 25.5 Å². The maximum absolute atomic E-state index is 14.2. The Labute approximate surface area is 226 Å². The van der Waals surface area contributed by atoms with Gasteiger partial charge in [0.1, 0.15) is 12.2 Å². The summed E-state index contributed by atoms with van der Waals surface area (Å²) in [6, 6.07) is 10.5. The summed E-state index contributed by atoms with van der Waals surface area (Å²) in [5.41, 5.74) is 1.19. The standard InChI is InChI=1S/C30H34F3N5O/c1-4-19-14-29(15-19,27-36-35-18-37(27)3)21-7-5-8-22(13-21)38-17-24-23(26(38)39)11-20(12-25(24)30(31,32)33)16-34-28(2)9-6-10-28/h5,7-8,11-13,18-19,34H,4,6,9-10,14-17H2,1-3H3/t19-,29+. The van der Waals surface area contributed by atoms with Crippen LogP contribution in [-0.4, -0.2) is 26.2 Å². The zero-order chi connectivity index (χ0) is 27.6. The largest absolute Gasteiger partial charge is 0.416 e. The van der Waals surface area contributed by atoms with Crippen molar-refractivity contribution in [2.45, 2.75) is 82.6 Å². The fourth-order valence-electron chi connectivity index (χ4n) is 6.68. The number of nitrogens with one attached hydrogen (secondary N) is 1. The van der Waals surface area contributed by atoms with Gasteiger partial charge in [0.25, 0.3) is 5.91 Å². The van der Waals surface area contributed by atoms with Gasteiger partial charge in [-0.2, -0.15) is 13.2 Å². The second-order valence-corrected chi connectivity index (χ2v) is 11.9. The van der Waals surface area contributed by atoms with Gasteiger partial charge >= 0.3 is 6.18 Å². The number of carbonyl (C=O) groups excluding carboxylic acids is 1. The van der Waals surface area contributed by atoms with Gasteiger partial charge < -0.3 is 14.8 Å². The SMILES string of the molecule is CC[C@H]1C[C@@](c2cccc(N3Cc4c(cc(CNC5(C)CCC5)cc4C(F)(F)F)C3=O)c2)(c2nncn2C)C1. The van der Waals surface area contributed by atoms with Crippen LogP contribution in [0.5, 0.6) is 0 Å².